The van der Waals surface area contributed by atoms with Gasteiger partial charge in [-0.15, -0.1) is 0 Å². The number of ether oxygens (including phenoxy) is 4. The first-order valence-corrected chi connectivity index (χ1v) is 25.8. The molecule has 2 aliphatic rings. The van der Waals surface area contributed by atoms with Gasteiger partial charge in [-0.05, 0) is 109 Å². The van der Waals surface area contributed by atoms with Crippen LogP contribution in [0.15, 0.2) is 80.4 Å². The van der Waals surface area contributed by atoms with E-state index in [1.54, 1.807) is 38.1 Å². The number of nitrogen functional groups attached to an aromatic ring is 1. The molecule has 2 aliphatic heterocycles. The summed E-state index contributed by atoms with van der Waals surface area (Å²) in [6, 6.07) is 6.05. The molecule has 1 fully saturated rings. The lowest BCUT2D eigenvalue weighted by molar-refractivity contribution is -0.0601. The van der Waals surface area contributed by atoms with Gasteiger partial charge in [-0.25, -0.2) is 23.3 Å². The van der Waals surface area contributed by atoms with Crippen LogP contribution in [0.1, 0.15) is 70.9 Å². The lowest BCUT2D eigenvalue weighted by Crippen LogP contribution is -2.35. The van der Waals surface area contributed by atoms with Crippen LogP contribution in [-0.2, 0) is 47.6 Å². The van der Waals surface area contributed by atoms with Gasteiger partial charge in [-0.2, -0.15) is 13.6 Å². The first-order chi connectivity index (χ1) is 34.3. The highest BCUT2D eigenvalue weighted by atomic mass is 31.3. The number of nitrogens with one attached hydrogen (secondary N) is 1. The second kappa shape index (κ2) is 25.0. The number of fused-ring (bicyclic) bond motifs is 1. The van der Waals surface area contributed by atoms with Gasteiger partial charge in [0.1, 0.15) is 37.2 Å². The molecule has 2 aromatic heterocycles. The molecular weight excluding hydrogens is 1030 g/mol. The molecule has 0 radical (unpaired) electrons. The van der Waals surface area contributed by atoms with E-state index in [9.17, 15) is 33.1 Å². The SMILES string of the molecule is C=C(CCC1=N[B-](F)(F)n2c(C)cc(C)c2/C=C(\C)C=C1)NCCOc1ccc(C(=O)OCC#Cc2cn([C@H]3CC(OCN=[N+]=[N-])[C@@H](COP(=O)(O)OP(=O)(O)OP(=O)(O)O)O3)c(=O)nc2N)c(CN=[N+]=[N-])c1. The molecule has 73 heavy (non-hydrogen) atoms. The zero-order valence-corrected chi connectivity index (χ0v) is 41.5. The molecule has 4 heterocycles. The maximum Gasteiger partial charge on any atom is 0.544 e. The van der Waals surface area contributed by atoms with Gasteiger partial charge in [0.25, 0.3) is 0 Å². The number of rotatable bonds is 23. The van der Waals surface area contributed by atoms with Gasteiger partial charge in [0.05, 0.1) is 30.4 Å². The quantitative estimate of drug-likeness (QED) is 0.00906. The van der Waals surface area contributed by atoms with E-state index < -0.39 is 80.5 Å². The summed E-state index contributed by atoms with van der Waals surface area (Å²) in [6.07, 6.45) is 2.56. The molecule has 0 amide bonds. The molecule has 5 rings (SSSR count). The van der Waals surface area contributed by atoms with Crippen LogP contribution >= 0.6 is 23.5 Å². The summed E-state index contributed by atoms with van der Waals surface area (Å²) < 4.78 is 102. The molecule has 0 saturated carbocycles. The van der Waals surface area contributed by atoms with E-state index in [1.165, 1.54) is 18.2 Å². The smallest absolute Gasteiger partial charge is 0.492 e. The third-order valence-electron chi connectivity index (χ3n) is 10.2. The fraction of sp³-hybridized carbons (Fsp3) is 0.385. The van der Waals surface area contributed by atoms with Gasteiger partial charge in [0.15, 0.2) is 6.61 Å². The van der Waals surface area contributed by atoms with Gasteiger partial charge < -0.3 is 67.6 Å². The van der Waals surface area contributed by atoms with Crippen molar-refractivity contribution >= 4 is 54.0 Å². The normalized spacial score (nSPS) is 19.5. The second-order valence-electron chi connectivity index (χ2n) is 15.7. The van der Waals surface area contributed by atoms with Crippen LogP contribution in [0.2, 0.25) is 0 Å². The summed E-state index contributed by atoms with van der Waals surface area (Å²) in [6.45, 7) is 2.94. The monoisotopic (exact) mass is 1080 g/mol. The van der Waals surface area contributed by atoms with Gasteiger partial charge in [0, 0.05) is 40.4 Å². The van der Waals surface area contributed by atoms with Crippen molar-refractivity contribution in [2.24, 2.45) is 15.1 Å². The van der Waals surface area contributed by atoms with Crippen LogP contribution in [0.25, 0.3) is 27.0 Å². The molecule has 392 valence electrons. The Morgan fingerprint density at radius 1 is 1.10 bits per heavy atom. The Labute approximate surface area is 413 Å². The molecule has 28 nitrogen and oxygen atoms in total. The Hall–Kier alpha value is -6.43. The maximum absolute atomic E-state index is 15.5. The van der Waals surface area contributed by atoms with Crippen molar-refractivity contribution in [2.45, 2.75) is 65.0 Å². The standard InChI is InChI=1S/C39H47BF2N12O16P3/c1-24-7-9-30(50-40(41,42)54-27(4)17-25(2)33(54)16-24)10-8-26(3)46-13-15-64-31-11-12-32(29(18-31)20-47-51-44)38(55)65-14-5-6-28-21-53(39(56)49-37(28)43)36-19-34(66-23-48-52-45)35(68-36)22-67-72(60,61)70-73(62,63)69-71(57,58)59/h7,9,11-12,16-18,21,34-36,46H,3,8,10,13-15,19-20,22-23H2,1-2,4H3,(H,60,61)(H,62,63)(H2,43,49,56)(H2,57,58,59)/q-1/b9-7?,24-16+,50-30?/t34?,35-,36-/m1/s1. The van der Waals surface area contributed by atoms with E-state index in [0.29, 0.717) is 29.3 Å². The van der Waals surface area contributed by atoms with Crippen LogP contribution in [0.5, 0.6) is 5.75 Å². The number of carbonyl (C=O) groups is 1. The number of esters is 1. The van der Waals surface area contributed by atoms with E-state index in [4.69, 9.17) is 45.5 Å². The number of halogens is 2. The molecule has 3 unspecified atom stereocenters. The third kappa shape index (κ3) is 17.1. The van der Waals surface area contributed by atoms with Crippen molar-refractivity contribution in [1.82, 2.24) is 19.3 Å². The molecule has 5 atom stereocenters. The lowest BCUT2D eigenvalue weighted by atomic mass is 9.96. The molecular formula is C39H47BF2N12O16P3-. The van der Waals surface area contributed by atoms with Gasteiger partial charge in [0.2, 0.25) is 0 Å². The lowest BCUT2D eigenvalue weighted by Gasteiger charge is -2.27. The Balaban J connectivity index is 1.16. The second-order valence-corrected chi connectivity index (χ2v) is 20.1. The average molecular weight is 1080 g/mol. The summed E-state index contributed by atoms with van der Waals surface area (Å²) in [4.78, 5) is 75.8. The third-order valence-corrected chi connectivity index (χ3v) is 14.0. The van der Waals surface area contributed by atoms with Crippen molar-refractivity contribution in [3.05, 3.63) is 125 Å². The molecule has 34 heteroatoms. The first kappa shape index (κ1) is 57.5. The number of allylic oxidation sites excluding steroid dienone is 4. The van der Waals surface area contributed by atoms with Gasteiger partial charge >= 0.3 is 42.1 Å². The number of aryl methyl sites for hydroxylation is 2. The number of carbonyl (C=O) groups excluding carboxylic acids is 1. The minimum Gasteiger partial charge on any atom is -0.492 e. The number of azide groups is 2. The molecule has 0 spiro atoms. The van der Waals surface area contributed by atoms with Gasteiger partial charge in [-0.3, -0.25) is 9.09 Å². The number of aromatic nitrogens is 3. The summed E-state index contributed by atoms with van der Waals surface area (Å²) in [5.41, 5.74) is 25.9. The highest BCUT2D eigenvalue weighted by Crippen LogP contribution is 2.66. The summed E-state index contributed by atoms with van der Waals surface area (Å²) in [7, 11) is -17.1. The fourth-order valence-corrected chi connectivity index (χ4v) is 10.2. The topological polar surface area (TPSA) is 402 Å². The van der Waals surface area contributed by atoms with Crippen molar-refractivity contribution in [1.29, 1.82) is 0 Å². The average Bonchev–Trinajstić information content (AvgIpc) is 3.84. The van der Waals surface area contributed by atoms with Crippen molar-refractivity contribution in [3.8, 4) is 17.6 Å². The molecule has 3 aromatic rings. The molecule has 0 bridgehead atoms. The number of anilines is 1. The molecule has 7 N–H and O–H groups in total. The van der Waals surface area contributed by atoms with E-state index in [2.05, 4.69) is 66.8 Å². The number of benzene rings is 1. The summed E-state index contributed by atoms with van der Waals surface area (Å²) in [5.74, 6) is 4.27. The Morgan fingerprint density at radius 3 is 2.55 bits per heavy atom. The predicted molar refractivity (Wildman–Crippen MR) is 256 cm³/mol. The Morgan fingerprint density at radius 2 is 1.84 bits per heavy atom. The first-order valence-electron chi connectivity index (χ1n) is 21.2. The van der Waals surface area contributed by atoms with Crippen molar-refractivity contribution in [2.75, 3.05) is 38.8 Å². The van der Waals surface area contributed by atoms with Crippen LogP contribution in [0, 0.1) is 25.7 Å². The zero-order valence-electron chi connectivity index (χ0n) is 38.8. The fourth-order valence-electron chi connectivity index (χ4n) is 7.15. The van der Waals surface area contributed by atoms with Gasteiger partial charge in [-0.1, -0.05) is 34.7 Å². The summed E-state index contributed by atoms with van der Waals surface area (Å²) in [5, 5.41) is 9.87. The molecule has 0 aliphatic carbocycles. The number of phosphoric ester groups is 1. The Bertz CT molecular complexity index is 3070. The summed E-state index contributed by atoms with van der Waals surface area (Å²) >= 11 is 0. The van der Waals surface area contributed by atoms with Crippen LogP contribution in [-0.4, -0.2) is 97.6 Å². The predicted octanol–water partition coefficient (Wildman–Crippen LogP) is 6.15. The Kier molecular flexibility index (Phi) is 19.7. The minimum atomic E-state index is -5.85. The number of hydrogen-bond donors (Lipinski definition) is 6. The minimum absolute atomic E-state index is 0.0127. The zero-order chi connectivity index (χ0) is 53.7. The van der Waals surface area contributed by atoms with Crippen LogP contribution < -0.4 is 21.5 Å². The van der Waals surface area contributed by atoms with E-state index in [1.807, 2.05) is 6.92 Å². The van der Waals surface area contributed by atoms with E-state index in [-0.39, 0.29) is 60.8 Å². The highest BCUT2D eigenvalue weighted by Gasteiger charge is 2.44. The van der Waals surface area contributed by atoms with Crippen LogP contribution in [0.3, 0.4) is 0 Å². The van der Waals surface area contributed by atoms with E-state index in [0.717, 1.165) is 26.4 Å². The molecule has 1 aromatic carbocycles. The van der Waals surface area contributed by atoms with Crippen molar-refractivity contribution in [3.63, 3.8) is 0 Å². The largest absolute Gasteiger partial charge is 0.544 e. The van der Waals surface area contributed by atoms with Crippen LogP contribution in [0.4, 0.5) is 14.4 Å². The highest BCUT2D eigenvalue weighted by molar-refractivity contribution is 7.66. The van der Waals surface area contributed by atoms with Crippen molar-refractivity contribution < 1.29 is 78.8 Å². The van der Waals surface area contributed by atoms with E-state index >= 15 is 8.63 Å². The maximum atomic E-state index is 15.5. The molecule has 1 saturated heterocycles. The number of nitrogens with two attached hydrogens (primary N) is 1. The number of phosphoric acid groups is 3. The number of hydrogen-bond acceptors (Lipinski definition) is 18. The number of nitrogens with zero attached hydrogens (tertiary/aromatic N) is 10.